The molecule has 5 rings (SSSR count). The molecule has 31 heavy (non-hydrogen) atoms. The smallest absolute Gasteiger partial charge is 0.264 e. The van der Waals surface area contributed by atoms with Crippen molar-refractivity contribution in [2.45, 2.75) is 13.3 Å². The standard InChI is InChI=1S/C26H21N3O2/c30-26-23-16-24(21-12-6-2-7-13-21)29(22-14-8-3-9-15-22)25(23)27-18-28(26)19-31-17-20-10-4-1-5-11-20/h1-16,18H,17,19H2. The first-order valence-corrected chi connectivity index (χ1v) is 10.1. The van der Waals surface area contributed by atoms with E-state index in [0.717, 1.165) is 22.5 Å². The molecular formula is C26H21N3O2. The van der Waals surface area contributed by atoms with Crippen LogP contribution in [0.3, 0.4) is 0 Å². The maximum absolute atomic E-state index is 13.2. The van der Waals surface area contributed by atoms with Crippen molar-refractivity contribution >= 4 is 11.0 Å². The Labute approximate surface area is 179 Å². The van der Waals surface area contributed by atoms with Crippen LogP contribution in [0.15, 0.2) is 108 Å². The minimum absolute atomic E-state index is 0.120. The lowest BCUT2D eigenvalue weighted by molar-refractivity contribution is 0.0614. The van der Waals surface area contributed by atoms with Crippen LogP contribution in [0.25, 0.3) is 28.0 Å². The van der Waals surface area contributed by atoms with E-state index < -0.39 is 0 Å². The Hall–Kier alpha value is -3.96. The molecule has 3 aromatic carbocycles. The fourth-order valence-electron chi connectivity index (χ4n) is 3.70. The molecule has 5 aromatic rings. The van der Waals surface area contributed by atoms with E-state index in [1.54, 1.807) is 6.33 Å². The lowest BCUT2D eigenvalue weighted by Crippen LogP contribution is -2.21. The second-order valence-electron chi connectivity index (χ2n) is 7.29. The highest BCUT2D eigenvalue weighted by molar-refractivity contribution is 5.85. The van der Waals surface area contributed by atoms with Crippen LogP contribution < -0.4 is 5.56 Å². The van der Waals surface area contributed by atoms with Gasteiger partial charge in [-0.3, -0.25) is 13.9 Å². The van der Waals surface area contributed by atoms with Gasteiger partial charge < -0.3 is 4.74 Å². The van der Waals surface area contributed by atoms with E-state index in [4.69, 9.17) is 4.74 Å². The molecule has 0 amide bonds. The van der Waals surface area contributed by atoms with Crippen molar-refractivity contribution < 1.29 is 4.74 Å². The maximum Gasteiger partial charge on any atom is 0.264 e. The molecule has 0 aliphatic heterocycles. The molecule has 0 spiro atoms. The summed E-state index contributed by atoms with van der Waals surface area (Å²) >= 11 is 0. The maximum atomic E-state index is 13.2. The fraction of sp³-hybridized carbons (Fsp3) is 0.0769. The molecule has 0 N–H and O–H groups in total. The molecular weight excluding hydrogens is 386 g/mol. The van der Waals surface area contributed by atoms with E-state index >= 15 is 0 Å². The van der Waals surface area contributed by atoms with Gasteiger partial charge in [-0.25, -0.2) is 4.98 Å². The molecule has 0 saturated heterocycles. The van der Waals surface area contributed by atoms with Crippen molar-refractivity contribution in [1.29, 1.82) is 0 Å². The summed E-state index contributed by atoms with van der Waals surface area (Å²) < 4.78 is 9.30. The van der Waals surface area contributed by atoms with Crippen molar-refractivity contribution in [1.82, 2.24) is 14.1 Å². The fourth-order valence-corrected chi connectivity index (χ4v) is 3.70. The minimum Gasteiger partial charge on any atom is -0.356 e. The average molecular weight is 407 g/mol. The van der Waals surface area contributed by atoms with Gasteiger partial charge in [0.15, 0.2) is 5.65 Å². The second-order valence-corrected chi connectivity index (χ2v) is 7.29. The van der Waals surface area contributed by atoms with Gasteiger partial charge in [-0.1, -0.05) is 78.9 Å². The first kappa shape index (κ1) is 19.0. The predicted octanol–water partition coefficient (Wildman–Crippen LogP) is 5.03. The van der Waals surface area contributed by atoms with Crippen LogP contribution in [-0.2, 0) is 18.1 Å². The van der Waals surface area contributed by atoms with Crippen molar-refractivity contribution in [2.24, 2.45) is 0 Å². The van der Waals surface area contributed by atoms with Gasteiger partial charge in [0.25, 0.3) is 5.56 Å². The molecule has 0 radical (unpaired) electrons. The van der Waals surface area contributed by atoms with Crippen molar-refractivity contribution in [3.05, 3.63) is 119 Å². The van der Waals surface area contributed by atoms with Crippen LogP contribution >= 0.6 is 0 Å². The van der Waals surface area contributed by atoms with E-state index in [9.17, 15) is 4.79 Å². The SMILES string of the molecule is O=c1c2cc(-c3ccccc3)n(-c3ccccc3)c2ncn1COCc1ccccc1. The third-order valence-corrected chi connectivity index (χ3v) is 5.21. The van der Waals surface area contributed by atoms with Crippen LogP contribution in [0, 0.1) is 0 Å². The number of benzene rings is 3. The Bertz CT molecular complexity index is 1360. The summed E-state index contributed by atoms with van der Waals surface area (Å²) in [5.41, 5.74) is 4.48. The summed E-state index contributed by atoms with van der Waals surface area (Å²) in [5, 5.41) is 0.563. The lowest BCUT2D eigenvalue weighted by Gasteiger charge is -2.11. The first-order chi connectivity index (χ1) is 15.3. The monoisotopic (exact) mass is 407 g/mol. The number of rotatable bonds is 6. The number of aromatic nitrogens is 3. The quantitative estimate of drug-likeness (QED) is 0.397. The average Bonchev–Trinajstić information content (AvgIpc) is 3.23. The Morgan fingerprint density at radius 2 is 1.45 bits per heavy atom. The molecule has 0 aliphatic carbocycles. The number of nitrogens with zero attached hydrogens (tertiary/aromatic N) is 3. The third-order valence-electron chi connectivity index (χ3n) is 5.21. The highest BCUT2D eigenvalue weighted by Gasteiger charge is 2.16. The van der Waals surface area contributed by atoms with Gasteiger partial charge in [0.2, 0.25) is 0 Å². The van der Waals surface area contributed by atoms with Crippen LogP contribution in [-0.4, -0.2) is 14.1 Å². The van der Waals surface area contributed by atoms with Crippen LogP contribution in [0.5, 0.6) is 0 Å². The van der Waals surface area contributed by atoms with Gasteiger partial charge >= 0.3 is 0 Å². The summed E-state index contributed by atoms with van der Waals surface area (Å²) in [7, 11) is 0. The van der Waals surface area contributed by atoms with Crippen molar-refractivity contribution in [3.63, 3.8) is 0 Å². The largest absolute Gasteiger partial charge is 0.356 e. The Balaban J connectivity index is 1.56. The van der Waals surface area contributed by atoms with Gasteiger partial charge in [0, 0.05) is 5.69 Å². The lowest BCUT2D eigenvalue weighted by atomic mass is 10.1. The number of hydrogen-bond acceptors (Lipinski definition) is 3. The van der Waals surface area contributed by atoms with Crippen LogP contribution in [0.1, 0.15) is 5.56 Å². The predicted molar refractivity (Wildman–Crippen MR) is 122 cm³/mol. The van der Waals surface area contributed by atoms with Gasteiger partial charge in [0.1, 0.15) is 13.1 Å². The molecule has 0 unspecified atom stereocenters. The summed E-state index contributed by atoms with van der Waals surface area (Å²) in [6, 6.07) is 31.8. The summed E-state index contributed by atoms with van der Waals surface area (Å²) in [5.74, 6) is 0. The van der Waals surface area contributed by atoms with Gasteiger partial charge in [0.05, 0.1) is 17.7 Å². The van der Waals surface area contributed by atoms with Gasteiger partial charge in [-0.05, 0) is 29.3 Å². The number of hydrogen-bond donors (Lipinski definition) is 0. The molecule has 0 bridgehead atoms. The van der Waals surface area contributed by atoms with Gasteiger partial charge in [-0.2, -0.15) is 0 Å². The number of fused-ring (bicyclic) bond motifs is 1. The first-order valence-electron chi connectivity index (χ1n) is 10.1. The topological polar surface area (TPSA) is 49.0 Å². The Kier molecular flexibility index (Phi) is 5.17. The zero-order valence-corrected chi connectivity index (χ0v) is 16.9. The Morgan fingerprint density at radius 3 is 2.16 bits per heavy atom. The molecule has 0 aliphatic rings. The normalized spacial score (nSPS) is 11.1. The molecule has 0 saturated carbocycles. The second kappa shape index (κ2) is 8.42. The molecule has 5 heteroatoms. The molecule has 152 valence electrons. The molecule has 0 fully saturated rings. The van der Waals surface area contributed by atoms with E-state index in [-0.39, 0.29) is 12.3 Å². The molecule has 2 heterocycles. The summed E-state index contributed by atoms with van der Waals surface area (Å²) in [4.78, 5) is 17.9. The minimum atomic E-state index is -0.120. The van der Waals surface area contributed by atoms with E-state index in [1.165, 1.54) is 4.57 Å². The van der Waals surface area contributed by atoms with Crippen LogP contribution in [0.2, 0.25) is 0 Å². The molecule has 2 aromatic heterocycles. The number of para-hydroxylation sites is 1. The van der Waals surface area contributed by atoms with Gasteiger partial charge in [-0.15, -0.1) is 0 Å². The van der Waals surface area contributed by atoms with E-state index in [2.05, 4.69) is 4.98 Å². The van der Waals surface area contributed by atoms with Crippen molar-refractivity contribution in [3.8, 4) is 16.9 Å². The highest BCUT2D eigenvalue weighted by Crippen LogP contribution is 2.29. The Morgan fingerprint density at radius 1 is 0.806 bits per heavy atom. The third kappa shape index (κ3) is 3.79. The zero-order valence-electron chi connectivity index (χ0n) is 16.9. The van der Waals surface area contributed by atoms with E-state index in [1.807, 2.05) is 102 Å². The highest BCUT2D eigenvalue weighted by atomic mass is 16.5. The zero-order chi connectivity index (χ0) is 21.0. The van der Waals surface area contributed by atoms with Crippen LogP contribution in [0.4, 0.5) is 0 Å². The molecule has 0 atom stereocenters. The van der Waals surface area contributed by atoms with E-state index in [0.29, 0.717) is 17.6 Å². The van der Waals surface area contributed by atoms with Crippen molar-refractivity contribution in [2.75, 3.05) is 0 Å². The number of ether oxygens (including phenoxy) is 1. The summed E-state index contributed by atoms with van der Waals surface area (Å²) in [6.45, 7) is 0.583. The molecule has 5 nitrogen and oxygen atoms in total. The summed E-state index contributed by atoms with van der Waals surface area (Å²) in [6.07, 6.45) is 1.56.